The number of para-hydroxylation sites is 2. The van der Waals surface area contributed by atoms with Crippen LogP contribution in [0.15, 0.2) is 48.5 Å². The summed E-state index contributed by atoms with van der Waals surface area (Å²) < 4.78 is 18.2. The van der Waals surface area contributed by atoms with Gasteiger partial charge in [-0.15, -0.1) is 0 Å². The van der Waals surface area contributed by atoms with Gasteiger partial charge in [-0.1, -0.05) is 24.3 Å². The molecule has 5 nitrogen and oxygen atoms in total. The van der Waals surface area contributed by atoms with E-state index in [2.05, 4.69) is 5.32 Å². The molecule has 1 heterocycles. The Bertz CT molecular complexity index is 792. The van der Waals surface area contributed by atoms with Gasteiger partial charge >= 0.3 is 0 Å². The number of hydrogen-bond donors (Lipinski definition) is 1. The fraction of sp³-hybridized carbons (Fsp3) is 0.300. The second kappa shape index (κ2) is 7.99. The van der Waals surface area contributed by atoms with Crippen molar-refractivity contribution in [2.75, 3.05) is 25.5 Å². The Labute approximate surface area is 151 Å². The van der Waals surface area contributed by atoms with Crippen molar-refractivity contribution in [1.29, 1.82) is 0 Å². The summed E-state index contributed by atoms with van der Waals surface area (Å²) in [6.45, 7) is 0.907. The maximum atomic E-state index is 12.9. The van der Waals surface area contributed by atoms with Gasteiger partial charge in [0.25, 0.3) is 0 Å². The number of carbonyl (C=O) groups excluding carboxylic acids is 2. The first kappa shape index (κ1) is 17.9. The number of ether oxygens (including phenoxy) is 1. The minimum Gasteiger partial charge on any atom is -0.495 e. The van der Waals surface area contributed by atoms with Crippen molar-refractivity contribution < 1.29 is 18.7 Å². The van der Waals surface area contributed by atoms with Crippen LogP contribution in [0.1, 0.15) is 12.0 Å². The molecule has 2 amide bonds. The number of carbonyl (C=O) groups is 2. The van der Waals surface area contributed by atoms with Gasteiger partial charge in [-0.25, -0.2) is 4.39 Å². The molecule has 1 aliphatic heterocycles. The van der Waals surface area contributed by atoms with Crippen molar-refractivity contribution in [3.05, 3.63) is 59.9 Å². The van der Waals surface area contributed by atoms with Gasteiger partial charge in [0.15, 0.2) is 0 Å². The van der Waals surface area contributed by atoms with E-state index in [-0.39, 0.29) is 30.0 Å². The summed E-state index contributed by atoms with van der Waals surface area (Å²) >= 11 is 0. The summed E-state index contributed by atoms with van der Waals surface area (Å²) in [6, 6.07) is 13.4. The molecule has 1 atom stereocenters. The van der Waals surface area contributed by atoms with E-state index >= 15 is 0 Å². The molecule has 0 aliphatic carbocycles. The standard InChI is InChI=1S/C20H21FN2O3/c1-26-18-5-3-2-4-17(18)22-20(25)15-12-19(24)23(13-15)11-10-14-6-8-16(21)9-7-14/h2-9,15H,10-13H2,1H3,(H,22,25). The van der Waals surface area contributed by atoms with E-state index < -0.39 is 0 Å². The smallest absolute Gasteiger partial charge is 0.229 e. The van der Waals surface area contributed by atoms with Gasteiger partial charge in [0.05, 0.1) is 18.7 Å². The van der Waals surface area contributed by atoms with Crippen LogP contribution in [0.3, 0.4) is 0 Å². The zero-order valence-electron chi connectivity index (χ0n) is 14.6. The van der Waals surface area contributed by atoms with Crippen molar-refractivity contribution in [2.24, 2.45) is 5.92 Å². The first-order valence-corrected chi connectivity index (χ1v) is 8.53. The van der Waals surface area contributed by atoms with Crippen molar-refractivity contribution in [1.82, 2.24) is 4.90 Å². The molecule has 2 aromatic rings. The second-order valence-electron chi connectivity index (χ2n) is 6.31. The average molecular weight is 356 g/mol. The Morgan fingerprint density at radius 2 is 1.96 bits per heavy atom. The van der Waals surface area contributed by atoms with Crippen LogP contribution in [0.4, 0.5) is 10.1 Å². The number of rotatable bonds is 6. The lowest BCUT2D eigenvalue weighted by molar-refractivity contribution is -0.128. The zero-order valence-corrected chi connectivity index (χ0v) is 14.6. The van der Waals surface area contributed by atoms with Crippen molar-refractivity contribution in [3.63, 3.8) is 0 Å². The molecule has 0 bridgehead atoms. The van der Waals surface area contributed by atoms with Crippen molar-refractivity contribution >= 4 is 17.5 Å². The summed E-state index contributed by atoms with van der Waals surface area (Å²) in [4.78, 5) is 26.4. The Morgan fingerprint density at radius 1 is 1.23 bits per heavy atom. The van der Waals surface area contributed by atoms with E-state index in [0.717, 1.165) is 5.56 Å². The lowest BCUT2D eigenvalue weighted by Crippen LogP contribution is -2.30. The van der Waals surface area contributed by atoms with E-state index in [4.69, 9.17) is 4.74 Å². The molecule has 1 unspecified atom stereocenters. The molecule has 3 rings (SSSR count). The average Bonchev–Trinajstić information content (AvgIpc) is 3.02. The number of nitrogens with one attached hydrogen (secondary N) is 1. The third-order valence-corrected chi connectivity index (χ3v) is 4.53. The van der Waals surface area contributed by atoms with Crippen LogP contribution < -0.4 is 10.1 Å². The molecular formula is C20H21FN2O3. The molecule has 0 saturated carbocycles. The van der Waals surface area contributed by atoms with Crippen LogP contribution >= 0.6 is 0 Å². The third kappa shape index (κ3) is 4.20. The maximum absolute atomic E-state index is 12.9. The highest BCUT2D eigenvalue weighted by molar-refractivity contribution is 5.98. The van der Waals surface area contributed by atoms with Crippen LogP contribution in [-0.2, 0) is 16.0 Å². The topological polar surface area (TPSA) is 58.6 Å². The number of hydrogen-bond acceptors (Lipinski definition) is 3. The molecule has 1 fully saturated rings. The molecule has 6 heteroatoms. The highest BCUT2D eigenvalue weighted by Gasteiger charge is 2.34. The van der Waals surface area contributed by atoms with Gasteiger partial charge in [0.1, 0.15) is 11.6 Å². The molecule has 0 spiro atoms. The number of anilines is 1. The van der Waals surface area contributed by atoms with Gasteiger partial charge in [-0.3, -0.25) is 9.59 Å². The molecule has 1 N–H and O–H groups in total. The molecule has 0 radical (unpaired) electrons. The summed E-state index contributed by atoms with van der Waals surface area (Å²) in [7, 11) is 1.54. The van der Waals surface area contributed by atoms with Crippen LogP contribution in [0.5, 0.6) is 5.75 Å². The van der Waals surface area contributed by atoms with E-state index in [1.807, 2.05) is 12.1 Å². The molecule has 26 heavy (non-hydrogen) atoms. The van der Waals surface area contributed by atoms with Gasteiger partial charge < -0.3 is 15.0 Å². The number of amides is 2. The molecular weight excluding hydrogens is 335 g/mol. The summed E-state index contributed by atoms with van der Waals surface area (Å²) in [5, 5.41) is 2.84. The monoisotopic (exact) mass is 356 g/mol. The number of nitrogens with zero attached hydrogens (tertiary/aromatic N) is 1. The highest BCUT2D eigenvalue weighted by atomic mass is 19.1. The van der Waals surface area contributed by atoms with Gasteiger partial charge in [0, 0.05) is 19.5 Å². The minimum absolute atomic E-state index is 0.0349. The highest BCUT2D eigenvalue weighted by Crippen LogP contribution is 2.26. The van der Waals surface area contributed by atoms with Gasteiger partial charge in [-0.2, -0.15) is 0 Å². The fourth-order valence-corrected chi connectivity index (χ4v) is 3.06. The normalized spacial score (nSPS) is 16.6. The SMILES string of the molecule is COc1ccccc1NC(=O)C1CC(=O)N(CCc2ccc(F)cc2)C1. The van der Waals surface area contributed by atoms with Crippen LogP contribution in [0.2, 0.25) is 0 Å². The summed E-state index contributed by atoms with van der Waals surface area (Å²) in [5.41, 5.74) is 1.55. The van der Waals surface area contributed by atoms with Crippen molar-refractivity contribution in [2.45, 2.75) is 12.8 Å². The van der Waals surface area contributed by atoms with E-state index in [0.29, 0.717) is 30.9 Å². The molecule has 1 saturated heterocycles. The molecule has 136 valence electrons. The minimum atomic E-state index is -0.388. The third-order valence-electron chi connectivity index (χ3n) is 4.53. The fourth-order valence-electron chi connectivity index (χ4n) is 3.06. The summed E-state index contributed by atoms with van der Waals surface area (Å²) in [6.07, 6.45) is 0.831. The molecule has 1 aliphatic rings. The maximum Gasteiger partial charge on any atom is 0.229 e. The molecule has 0 aromatic heterocycles. The Balaban J connectivity index is 1.56. The van der Waals surface area contributed by atoms with Gasteiger partial charge in [-0.05, 0) is 36.2 Å². The van der Waals surface area contributed by atoms with Crippen LogP contribution in [-0.4, -0.2) is 36.9 Å². The predicted octanol–water partition coefficient (Wildman–Crippen LogP) is 2.86. The van der Waals surface area contributed by atoms with E-state index in [9.17, 15) is 14.0 Å². The Morgan fingerprint density at radius 3 is 2.69 bits per heavy atom. The predicted molar refractivity (Wildman–Crippen MR) is 96.4 cm³/mol. The Hall–Kier alpha value is -2.89. The quantitative estimate of drug-likeness (QED) is 0.866. The number of likely N-dealkylation sites (tertiary alicyclic amines) is 1. The summed E-state index contributed by atoms with van der Waals surface area (Å²) in [5.74, 6) is -0.308. The lowest BCUT2D eigenvalue weighted by Gasteiger charge is -2.17. The molecule has 2 aromatic carbocycles. The first-order chi connectivity index (χ1) is 12.6. The zero-order chi connectivity index (χ0) is 18.5. The lowest BCUT2D eigenvalue weighted by atomic mass is 10.1. The number of methoxy groups -OCH3 is 1. The van der Waals surface area contributed by atoms with Gasteiger partial charge in [0.2, 0.25) is 11.8 Å². The number of benzene rings is 2. The van der Waals surface area contributed by atoms with Crippen LogP contribution in [0, 0.1) is 11.7 Å². The first-order valence-electron chi connectivity index (χ1n) is 8.53. The largest absolute Gasteiger partial charge is 0.495 e. The Kier molecular flexibility index (Phi) is 5.51. The number of halogens is 1. The second-order valence-corrected chi connectivity index (χ2v) is 6.31. The van der Waals surface area contributed by atoms with Crippen LogP contribution in [0.25, 0.3) is 0 Å². The van der Waals surface area contributed by atoms with E-state index in [1.165, 1.54) is 12.1 Å². The van der Waals surface area contributed by atoms with Crippen molar-refractivity contribution in [3.8, 4) is 5.75 Å². The van der Waals surface area contributed by atoms with E-state index in [1.54, 1.807) is 36.3 Å².